The molecule has 0 spiro atoms. The van der Waals surface area contributed by atoms with E-state index in [1.54, 1.807) is 4.68 Å². The highest BCUT2D eigenvalue weighted by Crippen LogP contribution is 2.33. The molecule has 0 saturated carbocycles. The van der Waals surface area contributed by atoms with E-state index in [0.29, 0.717) is 25.3 Å². The lowest BCUT2D eigenvalue weighted by Gasteiger charge is -2.16. The fourth-order valence-corrected chi connectivity index (χ4v) is 4.04. The molecule has 1 aromatic heterocycles. The van der Waals surface area contributed by atoms with Crippen LogP contribution in [0.2, 0.25) is 0 Å². The molecule has 1 saturated heterocycles. The summed E-state index contributed by atoms with van der Waals surface area (Å²) >= 11 is 0. The van der Waals surface area contributed by atoms with Gasteiger partial charge in [-0.3, -0.25) is 4.79 Å². The summed E-state index contributed by atoms with van der Waals surface area (Å²) < 4.78 is 1.73. The lowest BCUT2D eigenvalue weighted by Crippen LogP contribution is -2.30. The van der Waals surface area contributed by atoms with Crippen molar-refractivity contribution in [1.29, 1.82) is 0 Å². The first kappa shape index (κ1) is 21.0. The summed E-state index contributed by atoms with van der Waals surface area (Å²) in [4.78, 5) is 15.1. The Balaban J connectivity index is 0.00000240. The van der Waals surface area contributed by atoms with E-state index in [4.69, 9.17) is 5.73 Å². The number of rotatable bonds is 4. The molecule has 0 unspecified atom stereocenters. The van der Waals surface area contributed by atoms with Gasteiger partial charge in [0, 0.05) is 19.0 Å². The van der Waals surface area contributed by atoms with Crippen LogP contribution in [0.3, 0.4) is 0 Å². The number of carbonyl (C=O) groups excluding carboxylic acids is 1. The summed E-state index contributed by atoms with van der Waals surface area (Å²) in [6.07, 6.45) is 0. The van der Waals surface area contributed by atoms with Gasteiger partial charge in [0.05, 0.1) is 11.4 Å². The maximum Gasteiger partial charge on any atom is 0.276 e. The van der Waals surface area contributed by atoms with Crippen LogP contribution in [0.4, 0.5) is 0 Å². The van der Waals surface area contributed by atoms with Crippen molar-refractivity contribution < 1.29 is 4.79 Å². The van der Waals surface area contributed by atoms with Crippen LogP contribution in [-0.2, 0) is 0 Å². The summed E-state index contributed by atoms with van der Waals surface area (Å²) in [6, 6.07) is 18.3. The van der Waals surface area contributed by atoms with Crippen molar-refractivity contribution in [3.05, 3.63) is 77.1 Å². The van der Waals surface area contributed by atoms with E-state index >= 15 is 0 Å². The number of amides is 1. The number of benzene rings is 2. The number of aromatic nitrogens is 3. The van der Waals surface area contributed by atoms with Gasteiger partial charge >= 0.3 is 0 Å². The zero-order valence-corrected chi connectivity index (χ0v) is 17.5. The molecule has 0 aliphatic carbocycles. The third-order valence-electron chi connectivity index (χ3n) is 5.60. The number of nitrogens with zero attached hydrogens (tertiary/aromatic N) is 4. The Bertz CT molecular complexity index is 988. The van der Waals surface area contributed by atoms with Gasteiger partial charge in [-0.1, -0.05) is 47.7 Å². The van der Waals surface area contributed by atoms with Crippen LogP contribution >= 0.6 is 12.4 Å². The molecule has 152 valence electrons. The first-order valence-corrected chi connectivity index (χ1v) is 9.62. The minimum atomic E-state index is -0.0757. The number of hydrogen-bond acceptors (Lipinski definition) is 4. The second-order valence-electron chi connectivity index (χ2n) is 7.50. The smallest absolute Gasteiger partial charge is 0.276 e. The maximum atomic E-state index is 13.2. The fraction of sp³-hybridized carbons (Fsp3) is 0.318. The number of hydrogen-bond donors (Lipinski definition) is 1. The largest absolute Gasteiger partial charge is 0.336 e. The first-order chi connectivity index (χ1) is 13.6. The third kappa shape index (κ3) is 4.04. The number of likely N-dealkylation sites (tertiary alicyclic amines) is 1. The van der Waals surface area contributed by atoms with Crippen LogP contribution in [0, 0.1) is 19.8 Å². The van der Waals surface area contributed by atoms with Gasteiger partial charge < -0.3 is 10.6 Å². The minimum Gasteiger partial charge on any atom is -0.336 e. The maximum absolute atomic E-state index is 13.2. The molecule has 1 amide bonds. The van der Waals surface area contributed by atoms with Crippen molar-refractivity contribution in [2.45, 2.75) is 19.8 Å². The molecule has 3 aromatic rings. The van der Waals surface area contributed by atoms with Crippen molar-refractivity contribution in [3.63, 3.8) is 0 Å². The summed E-state index contributed by atoms with van der Waals surface area (Å²) in [5, 5.41) is 8.44. The van der Waals surface area contributed by atoms with E-state index in [0.717, 1.165) is 16.9 Å². The molecule has 2 N–H and O–H groups in total. The van der Waals surface area contributed by atoms with Crippen LogP contribution in [0.25, 0.3) is 5.69 Å². The van der Waals surface area contributed by atoms with E-state index in [1.807, 2.05) is 61.2 Å². The average molecular weight is 412 g/mol. The van der Waals surface area contributed by atoms with Gasteiger partial charge in [0.1, 0.15) is 0 Å². The predicted octanol–water partition coefficient (Wildman–Crippen LogP) is 3.12. The molecule has 7 heteroatoms. The molecule has 0 bridgehead atoms. The van der Waals surface area contributed by atoms with Gasteiger partial charge in [0.2, 0.25) is 0 Å². The van der Waals surface area contributed by atoms with Crippen molar-refractivity contribution >= 4 is 18.3 Å². The highest BCUT2D eigenvalue weighted by molar-refractivity contribution is 5.93. The van der Waals surface area contributed by atoms with E-state index < -0.39 is 0 Å². The molecule has 4 rings (SSSR count). The molecule has 0 radical (unpaired) electrons. The summed E-state index contributed by atoms with van der Waals surface area (Å²) in [7, 11) is 0. The van der Waals surface area contributed by atoms with Crippen LogP contribution in [0.5, 0.6) is 0 Å². The molecule has 6 nitrogen and oxygen atoms in total. The van der Waals surface area contributed by atoms with E-state index in [9.17, 15) is 4.79 Å². The molecule has 2 aromatic carbocycles. The standard InChI is InChI=1S/C22H25N5O.ClH/c1-15-7-6-10-19(11-15)27-16(2)21(24-25-27)22(28)26-13-18(12-23)20(14-26)17-8-4-3-5-9-17;/h3-11,18,20H,12-14,23H2,1-2H3;1H/t18-,20+;/m1./s1. The monoisotopic (exact) mass is 411 g/mol. The zero-order chi connectivity index (χ0) is 19.7. The Hall–Kier alpha value is -2.70. The fourth-order valence-electron chi connectivity index (χ4n) is 4.04. The molecule has 1 fully saturated rings. The second-order valence-corrected chi connectivity index (χ2v) is 7.50. The molecule has 1 aliphatic heterocycles. The Morgan fingerprint density at radius 3 is 2.55 bits per heavy atom. The molecule has 29 heavy (non-hydrogen) atoms. The van der Waals surface area contributed by atoms with Crippen molar-refractivity contribution in [2.75, 3.05) is 19.6 Å². The van der Waals surface area contributed by atoms with Crippen LogP contribution in [0.1, 0.15) is 33.2 Å². The van der Waals surface area contributed by atoms with Gasteiger partial charge in [-0.2, -0.15) is 0 Å². The Morgan fingerprint density at radius 2 is 1.86 bits per heavy atom. The Labute approximate surface area is 177 Å². The average Bonchev–Trinajstić information content (AvgIpc) is 3.32. The first-order valence-electron chi connectivity index (χ1n) is 9.62. The molecule has 2 heterocycles. The van der Waals surface area contributed by atoms with Crippen molar-refractivity contribution in [3.8, 4) is 5.69 Å². The topological polar surface area (TPSA) is 77.0 Å². The van der Waals surface area contributed by atoms with Gasteiger partial charge in [0.15, 0.2) is 5.69 Å². The number of aryl methyl sites for hydroxylation is 1. The third-order valence-corrected chi connectivity index (χ3v) is 5.60. The molecule has 1 aliphatic rings. The summed E-state index contributed by atoms with van der Waals surface area (Å²) in [5.74, 6) is 0.425. The van der Waals surface area contributed by atoms with Gasteiger partial charge in [-0.25, -0.2) is 4.68 Å². The minimum absolute atomic E-state index is 0. The zero-order valence-electron chi connectivity index (χ0n) is 16.7. The lowest BCUT2D eigenvalue weighted by atomic mass is 9.89. The molecular weight excluding hydrogens is 386 g/mol. The normalized spacial score (nSPS) is 18.5. The second kappa shape index (κ2) is 8.76. The summed E-state index contributed by atoms with van der Waals surface area (Å²) in [6.45, 7) is 5.77. The van der Waals surface area contributed by atoms with E-state index in [1.165, 1.54) is 5.56 Å². The highest BCUT2D eigenvalue weighted by atomic mass is 35.5. The Kier molecular flexibility index (Phi) is 6.35. The predicted molar refractivity (Wildman–Crippen MR) is 116 cm³/mol. The van der Waals surface area contributed by atoms with Gasteiger partial charge in [-0.15, -0.1) is 17.5 Å². The van der Waals surface area contributed by atoms with Crippen molar-refractivity contribution in [1.82, 2.24) is 19.9 Å². The highest BCUT2D eigenvalue weighted by Gasteiger charge is 2.37. The number of halogens is 1. The van der Waals surface area contributed by atoms with Crippen LogP contribution in [-0.4, -0.2) is 45.4 Å². The molecule has 2 atom stereocenters. The van der Waals surface area contributed by atoms with Gasteiger partial charge in [-0.05, 0) is 49.6 Å². The van der Waals surface area contributed by atoms with E-state index in [-0.39, 0.29) is 30.2 Å². The van der Waals surface area contributed by atoms with Gasteiger partial charge in [0.25, 0.3) is 5.91 Å². The van der Waals surface area contributed by atoms with Crippen molar-refractivity contribution in [2.24, 2.45) is 11.7 Å². The summed E-state index contributed by atoms with van der Waals surface area (Å²) in [5.41, 5.74) is 10.5. The van der Waals surface area contributed by atoms with Crippen LogP contribution < -0.4 is 5.73 Å². The van der Waals surface area contributed by atoms with E-state index in [2.05, 4.69) is 22.4 Å². The van der Waals surface area contributed by atoms with Crippen LogP contribution in [0.15, 0.2) is 54.6 Å². The number of carbonyl (C=O) groups is 1. The quantitative estimate of drug-likeness (QED) is 0.715. The SMILES string of the molecule is Cc1cccc(-n2nnc(C(=O)N3C[C@@H](CN)[C@H](c4ccccc4)C3)c2C)c1.Cl. The Morgan fingerprint density at radius 1 is 1.10 bits per heavy atom. The molecular formula is C22H26ClN5O. The lowest BCUT2D eigenvalue weighted by molar-refractivity contribution is 0.0779. The number of nitrogens with two attached hydrogens (primary N) is 1.